The highest BCUT2D eigenvalue weighted by Gasteiger charge is 2.06. The quantitative estimate of drug-likeness (QED) is 0.477. The van der Waals surface area contributed by atoms with E-state index < -0.39 is 0 Å². The normalized spacial score (nSPS) is 11.2. The highest BCUT2D eigenvalue weighted by atomic mass is 32.1. The first-order valence-corrected chi connectivity index (χ1v) is 9.94. The minimum atomic E-state index is -0.220. The lowest BCUT2D eigenvalue weighted by Crippen LogP contribution is -2.21. The number of hydrogen-bond donors (Lipinski definition) is 1. The maximum Gasteiger partial charge on any atom is 0.244 e. The average molecular weight is 405 g/mol. The number of aryl methyl sites for hydroxylation is 1. The van der Waals surface area contributed by atoms with Crippen molar-refractivity contribution in [2.24, 2.45) is 0 Å². The highest BCUT2D eigenvalue weighted by Crippen LogP contribution is 2.21. The predicted molar refractivity (Wildman–Crippen MR) is 111 cm³/mol. The summed E-state index contributed by atoms with van der Waals surface area (Å²) in [5.41, 5.74) is 2.46. The largest absolute Gasteiger partial charge is 0.487 e. The molecular formula is C21H19N5O2S. The summed E-state index contributed by atoms with van der Waals surface area (Å²) < 4.78 is 7.72. The number of rotatable bonds is 7. The molecule has 0 aliphatic carbocycles. The van der Waals surface area contributed by atoms with Crippen LogP contribution in [-0.4, -0.2) is 25.5 Å². The number of amides is 1. The second-order valence-electron chi connectivity index (χ2n) is 6.28. The first-order chi connectivity index (χ1) is 14.2. The summed E-state index contributed by atoms with van der Waals surface area (Å²) in [5.74, 6) is 1.15. The molecule has 0 aliphatic rings. The van der Waals surface area contributed by atoms with Crippen molar-refractivity contribution >= 4 is 29.0 Å². The molecule has 0 saturated carbocycles. The number of aromatic nitrogens is 4. The topological polar surface area (TPSA) is 81.4 Å². The summed E-state index contributed by atoms with van der Waals surface area (Å²) in [4.78, 5) is 16.6. The average Bonchev–Trinajstić information content (AvgIpc) is 3.35. The van der Waals surface area contributed by atoms with E-state index in [1.807, 2.05) is 65.4 Å². The SMILES string of the molecule is Cc1nc(COc2ccccc2C=CC(=O)NCc2nnc3ccccn23)cs1. The molecule has 0 radical (unpaired) electrons. The molecule has 1 aromatic carbocycles. The molecule has 1 amide bonds. The monoisotopic (exact) mass is 405 g/mol. The van der Waals surface area contributed by atoms with Crippen molar-refractivity contribution in [1.29, 1.82) is 0 Å². The van der Waals surface area contributed by atoms with Gasteiger partial charge in [-0.15, -0.1) is 21.5 Å². The van der Waals surface area contributed by atoms with E-state index >= 15 is 0 Å². The first kappa shape index (κ1) is 18.8. The van der Waals surface area contributed by atoms with Crippen molar-refractivity contribution in [2.45, 2.75) is 20.1 Å². The zero-order valence-electron chi connectivity index (χ0n) is 15.8. The third-order valence-electron chi connectivity index (χ3n) is 4.18. The molecule has 146 valence electrons. The molecule has 4 rings (SSSR count). The van der Waals surface area contributed by atoms with Crippen LogP contribution in [0.2, 0.25) is 0 Å². The Labute approximate surface area is 171 Å². The van der Waals surface area contributed by atoms with Gasteiger partial charge in [-0.25, -0.2) is 4.98 Å². The van der Waals surface area contributed by atoms with Crippen LogP contribution in [0.3, 0.4) is 0 Å². The van der Waals surface area contributed by atoms with Crippen LogP contribution in [0.25, 0.3) is 11.7 Å². The van der Waals surface area contributed by atoms with E-state index in [-0.39, 0.29) is 12.5 Å². The second kappa shape index (κ2) is 8.66. The molecule has 4 aromatic rings. The molecule has 0 bridgehead atoms. The van der Waals surface area contributed by atoms with Gasteiger partial charge < -0.3 is 10.1 Å². The molecule has 1 N–H and O–H groups in total. The molecule has 0 saturated heterocycles. The van der Waals surface area contributed by atoms with Crippen molar-refractivity contribution in [2.75, 3.05) is 0 Å². The molecule has 8 heteroatoms. The van der Waals surface area contributed by atoms with Gasteiger partial charge in [-0.1, -0.05) is 24.3 Å². The number of pyridine rings is 1. The second-order valence-corrected chi connectivity index (χ2v) is 7.34. The third-order valence-corrected chi connectivity index (χ3v) is 5.00. The lowest BCUT2D eigenvalue weighted by molar-refractivity contribution is -0.116. The number of carbonyl (C=O) groups excluding carboxylic acids is 1. The van der Waals surface area contributed by atoms with Gasteiger partial charge in [-0.05, 0) is 31.2 Å². The van der Waals surface area contributed by atoms with Crippen LogP contribution in [0, 0.1) is 6.92 Å². The minimum Gasteiger partial charge on any atom is -0.487 e. The number of ether oxygens (including phenoxy) is 1. The van der Waals surface area contributed by atoms with Crippen molar-refractivity contribution in [3.05, 3.63) is 82.2 Å². The molecule has 3 heterocycles. The summed E-state index contributed by atoms with van der Waals surface area (Å²) in [5, 5.41) is 14.0. The molecule has 0 atom stereocenters. The highest BCUT2D eigenvalue weighted by molar-refractivity contribution is 7.09. The van der Waals surface area contributed by atoms with Crippen LogP contribution >= 0.6 is 11.3 Å². The van der Waals surface area contributed by atoms with Gasteiger partial charge in [0.1, 0.15) is 12.4 Å². The number of nitrogens with one attached hydrogen (secondary N) is 1. The Bertz CT molecular complexity index is 1160. The number of carbonyl (C=O) groups is 1. The number of fused-ring (bicyclic) bond motifs is 1. The summed E-state index contributed by atoms with van der Waals surface area (Å²) in [6.07, 6.45) is 5.08. The van der Waals surface area contributed by atoms with Gasteiger partial charge in [0.05, 0.1) is 17.2 Å². The van der Waals surface area contributed by atoms with E-state index in [1.54, 1.807) is 17.4 Å². The van der Waals surface area contributed by atoms with E-state index in [4.69, 9.17) is 4.74 Å². The van der Waals surface area contributed by atoms with E-state index in [0.29, 0.717) is 18.2 Å². The minimum absolute atomic E-state index is 0.220. The van der Waals surface area contributed by atoms with Gasteiger partial charge in [-0.2, -0.15) is 0 Å². The Morgan fingerprint density at radius 2 is 2.07 bits per heavy atom. The Kier molecular flexibility index (Phi) is 5.62. The van der Waals surface area contributed by atoms with E-state index in [9.17, 15) is 4.79 Å². The number of para-hydroxylation sites is 1. The van der Waals surface area contributed by atoms with Crippen LogP contribution in [0.15, 0.2) is 60.1 Å². The van der Waals surface area contributed by atoms with Crippen molar-refractivity contribution < 1.29 is 9.53 Å². The lowest BCUT2D eigenvalue weighted by atomic mass is 10.2. The molecular weight excluding hydrogens is 386 g/mol. The number of hydrogen-bond acceptors (Lipinski definition) is 6. The Balaban J connectivity index is 1.37. The summed E-state index contributed by atoms with van der Waals surface area (Å²) in [7, 11) is 0. The molecule has 29 heavy (non-hydrogen) atoms. The van der Waals surface area contributed by atoms with Gasteiger partial charge in [0.2, 0.25) is 5.91 Å². The van der Waals surface area contributed by atoms with Crippen LogP contribution in [-0.2, 0) is 17.9 Å². The van der Waals surface area contributed by atoms with Gasteiger partial charge in [-0.3, -0.25) is 9.20 Å². The van der Waals surface area contributed by atoms with E-state index in [2.05, 4.69) is 20.5 Å². The molecule has 7 nitrogen and oxygen atoms in total. The smallest absolute Gasteiger partial charge is 0.244 e. The van der Waals surface area contributed by atoms with Crippen LogP contribution < -0.4 is 10.1 Å². The standard InChI is InChI=1S/C21H19N5O2S/c1-15-23-17(14-29-15)13-28-18-7-3-2-6-16(18)9-10-21(27)22-12-20-25-24-19-8-4-5-11-26(19)20/h2-11,14H,12-13H2,1H3,(H,22,27). The van der Waals surface area contributed by atoms with Crippen LogP contribution in [0.4, 0.5) is 0 Å². The molecule has 3 aromatic heterocycles. The molecule has 0 spiro atoms. The van der Waals surface area contributed by atoms with Crippen LogP contribution in [0.1, 0.15) is 22.1 Å². The fraction of sp³-hybridized carbons (Fsp3) is 0.143. The third kappa shape index (κ3) is 4.67. The Morgan fingerprint density at radius 3 is 2.93 bits per heavy atom. The zero-order valence-corrected chi connectivity index (χ0v) is 16.6. The lowest BCUT2D eigenvalue weighted by Gasteiger charge is -2.07. The van der Waals surface area contributed by atoms with E-state index in [1.165, 1.54) is 6.08 Å². The number of benzene rings is 1. The maximum atomic E-state index is 12.2. The molecule has 0 unspecified atom stereocenters. The summed E-state index contributed by atoms with van der Waals surface area (Å²) in [6.45, 7) is 2.64. The molecule has 0 aliphatic heterocycles. The Morgan fingerprint density at radius 1 is 1.21 bits per heavy atom. The van der Waals surface area contributed by atoms with Gasteiger partial charge in [0.15, 0.2) is 11.5 Å². The number of nitrogens with zero attached hydrogens (tertiary/aromatic N) is 4. The van der Waals surface area contributed by atoms with E-state index in [0.717, 1.165) is 21.9 Å². The summed E-state index contributed by atoms with van der Waals surface area (Å²) >= 11 is 1.59. The van der Waals surface area contributed by atoms with Crippen LogP contribution in [0.5, 0.6) is 5.75 Å². The van der Waals surface area contributed by atoms with Gasteiger partial charge >= 0.3 is 0 Å². The number of thiazole rings is 1. The Hall–Kier alpha value is -3.52. The van der Waals surface area contributed by atoms with Crippen molar-refractivity contribution in [3.8, 4) is 5.75 Å². The van der Waals surface area contributed by atoms with Gasteiger partial charge in [0.25, 0.3) is 0 Å². The fourth-order valence-corrected chi connectivity index (χ4v) is 3.38. The first-order valence-electron chi connectivity index (χ1n) is 9.06. The summed E-state index contributed by atoms with van der Waals surface area (Å²) in [6, 6.07) is 13.2. The predicted octanol–water partition coefficient (Wildman–Crippen LogP) is 3.40. The van der Waals surface area contributed by atoms with Gasteiger partial charge in [0, 0.05) is 23.2 Å². The maximum absolute atomic E-state index is 12.2. The van der Waals surface area contributed by atoms with Crippen molar-refractivity contribution in [1.82, 2.24) is 24.9 Å². The fourth-order valence-electron chi connectivity index (χ4n) is 2.78. The molecule has 0 fully saturated rings. The zero-order chi connectivity index (χ0) is 20.1. The van der Waals surface area contributed by atoms with Crippen molar-refractivity contribution in [3.63, 3.8) is 0 Å².